The molecule has 0 bridgehead atoms. The number of hydrogen-bond donors (Lipinski definition) is 2. The summed E-state index contributed by atoms with van der Waals surface area (Å²) in [7, 11) is 0. The first-order valence-electron chi connectivity index (χ1n) is 5.74. The van der Waals surface area contributed by atoms with Gasteiger partial charge in [0, 0.05) is 28.3 Å². The van der Waals surface area contributed by atoms with Crippen molar-refractivity contribution in [2.24, 2.45) is 0 Å². The first-order chi connectivity index (χ1) is 8.60. The normalized spacial score (nSPS) is 14.4. The summed E-state index contributed by atoms with van der Waals surface area (Å²) in [6.07, 6.45) is 1.98. The van der Waals surface area contributed by atoms with Crippen LogP contribution >= 0.6 is 23.2 Å². The molecule has 0 aromatic heterocycles. The van der Waals surface area contributed by atoms with Gasteiger partial charge in [0.2, 0.25) is 0 Å². The summed E-state index contributed by atoms with van der Waals surface area (Å²) in [6, 6.07) is 4.88. The van der Waals surface area contributed by atoms with E-state index in [1.54, 1.807) is 23.1 Å². The van der Waals surface area contributed by atoms with Gasteiger partial charge in [0.25, 0.3) is 0 Å². The minimum absolute atomic E-state index is 0.0414. The molecule has 0 atom stereocenters. The zero-order valence-electron chi connectivity index (χ0n) is 9.70. The van der Waals surface area contributed by atoms with E-state index in [1.165, 1.54) is 0 Å². The van der Waals surface area contributed by atoms with E-state index < -0.39 is 0 Å². The van der Waals surface area contributed by atoms with Gasteiger partial charge in [-0.05, 0) is 31.0 Å². The van der Waals surface area contributed by atoms with Crippen molar-refractivity contribution in [3.63, 3.8) is 0 Å². The summed E-state index contributed by atoms with van der Waals surface area (Å²) in [6.45, 7) is 0.297. The molecule has 2 N–H and O–H groups in total. The monoisotopic (exact) mass is 288 g/mol. The Bertz CT molecular complexity index is 429. The standard InChI is InChI=1S/C12H14Cl2N2O2/c13-8-5-9(14)7-10(6-8)15-12(18)16(3-4-17)11-1-2-11/h5-7,11,17H,1-4H2,(H,15,18). The highest BCUT2D eigenvalue weighted by atomic mass is 35.5. The van der Waals surface area contributed by atoms with E-state index in [0.29, 0.717) is 22.3 Å². The fraction of sp³-hybridized carbons (Fsp3) is 0.417. The van der Waals surface area contributed by atoms with Crippen LogP contribution < -0.4 is 5.32 Å². The van der Waals surface area contributed by atoms with Crippen LogP contribution in [0.4, 0.5) is 10.5 Å². The molecule has 4 nitrogen and oxygen atoms in total. The lowest BCUT2D eigenvalue weighted by Crippen LogP contribution is -2.38. The molecular weight excluding hydrogens is 275 g/mol. The zero-order valence-corrected chi connectivity index (χ0v) is 11.2. The lowest BCUT2D eigenvalue weighted by Gasteiger charge is -2.21. The maximum Gasteiger partial charge on any atom is 0.322 e. The Morgan fingerprint density at radius 1 is 1.33 bits per heavy atom. The van der Waals surface area contributed by atoms with Crippen molar-refractivity contribution in [2.45, 2.75) is 18.9 Å². The molecule has 6 heteroatoms. The van der Waals surface area contributed by atoms with Crippen LogP contribution in [0.15, 0.2) is 18.2 Å². The van der Waals surface area contributed by atoms with E-state index in [9.17, 15) is 4.79 Å². The van der Waals surface area contributed by atoms with Crippen molar-refractivity contribution in [3.8, 4) is 0 Å². The van der Waals surface area contributed by atoms with Crippen molar-refractivity contribution < 1.29 is 9.90 Å². The number of amides is 2. The van der Waals surface area contributed by atoms with Gasteiger partial charge in [0.15, 0.2) is 0 Å². The highest BCUT2D eigenvalue weighted by Gasteiger charge is 2.32. The van der Waals surface area contributed by atoms with Crippen molar-refractivity contribution in [3.05, 3.63) is 28.2 Å². The average Bonchev–Trinajstić information content (AvgIpc) is 3.07. The molecule has 2 amide bonds. The number of benzene rings is 1. The second-order valence-electron chi connectivity index (χ2n) is 4.24. The van der Waals surface area contributed by atoms with E-state index in [0.717, 1.165) is 12.8 Å². The SMILES string of the molecule is O=C(Nc1cc(Cl)cc(Cl)c1)N(CCO)C1CC1. The number of anilines is 1. The molecule has 0 radical (unpaired) electrons. The Morgan fingerprint density at radius 2 is 1.94 bits per heavy atom. The van der Waals surface area contributed by atoms with Gasteiger partial charge in [-0.1, -0.05) is 23.2 Å². The first-order valence-corrected chi connectivity index (χ1v) is 6.50. The zero-order chi connectivity index (χ0) is 13.1. The first kappa shape index (κ1) is 13.5. The Balaban J connectivity index is 2.04. The summed E-state index contributed by atoms with van der Waals surface area (Å²) in [4.78, 5) is 13.7. The van der Waals surface area contributed by atoms with Gasteiger partial charge < -0.3 is 15.3 Å². The summed E-state index contributed by atoms with van der Waals surface area (Å²) in [5.74, 6) is 0. The predicted octanol–water partition coefficient (Wildman–Crippen LogP) is 2.98. The topological polar surface area (TPSA) is 52.6 Å². The number of nitrogens with one attached hydrogen (secondary N) is 1. The van der Waals surface area contributed by atoms with Gasteiger partial charge in [-0.25, -0.2) is 4.79 Å². The van der Waals surface area contributed by atoms with Crippen LogP contribution in [0, 0.1) is 0 Å². The molecule has 1 aromatic carbocycles. The molecule has 1 fully saturated rings. The maximum atomic E-state index is 12.0. The second-order valence-corrected chi connectivity index (χ2v) is 5.11. The third kappa shape index (κ3) is 3.51. The third-order valence-electron chi connectivity index (χ3n) is 2.70. The quantitative estimate of drug-likeness (QED) is 0.895. The summed E-state index contributed by atoms with van der Waals surface area (Å²) < 4.78 is 0. The predicted molar refractivity (Wildman–Crippen MR) is 72.3 cm³/mol. The lowest BCUT2D eigenvalue weighted by molar-refractivity contribution is 0.185. The largest absolute Gasteiger partial charge is 0.395 e. The van der Waals surface area contributed by atoms with E-state index in [4.69, 9.17) is 28.3 Å². The van der Waals surface area contributed by atoms with Crippen molar-refractivity contribution in [2.75, 3.05) is 18.5 Å². The van der Waals surface area contributed by atoms with Crippen molar-refractivity contribution in [1.29, 1.82) is 0 Å². The lowest BCUT2D eigenvalue weighted by atomic mass is 10.3. The average molecular weight is 289 g/mol. The van der Waals surface area contributed by atoms with Crippen LogP contribution in [0.1, 0.15) is 12.8 Å². The second kappa shape index (κ2) is 5.78. The molecule has 0 saturated heterocycles. The van der Waals surface area contributed by atoms with Gasteiger partial charge in [-0.15, -0.1) is 0 Å². The van der Waals surface area contributed by atoms with Crippen LogP contribution in [-0.2, 0) is 0 Å². The number of nitrogens with zero attached hydrogens (tertiary/aromatic N) is 1. The number of carbonyl (C=O) groups excluding carboxylic acids is 1. The number of halogens is 2. The molecule has 0 aliphatic heterocycles. The van der Waals surface area contributed by atoms with Gasteiger partial charge in [-0.3, -0.25) is 0 Å². The summed E-state index contributed by atoms with van der Waals surface area (Å²) >= 11 is 11.7. The van der Waals surface area contributed by atoms with Gasteiger partial charge in [0.1, 0.15) is 0 Å². The smallest absolute Gasteiger partial charge is 0.322 e. The number of rotatable bonds is 4. The molecule has 0 unspecified atom stereocenters. The minimum Gasteiger partial charge on any atom is -0.395 e. The number of aliphatic hydroxyl groups is 1. The molecule has 1 saturated carbocycles. The number of carbonyl (C=O) groups is 1. The van der Waals surface area contributed by atoms with Crippen molar-refractivity contribution >= 4 is 34.9 Å². The van der Waals surface area contributed by atoms with E-state index in [2.05, 4.69) is 5.32 Å². The molecule has 1 aliphatic carbocycles. The minimum atomic E-state index is -0.232. The summed E-state index contributed by atoms with van der Waals surface area (Å²) in [5, 5.41) is 12.6. The molecule has 0 heterocycles. The maximum absolute atomic E-state index is 12.0. The third-order valence-corrected chi connectivity index (χ3v) is 3.14. The number of urea groups is 1. The van der Waals surface area contributed by atoms with Gasteiger partial charge >= 0.3 is 6.03 Å². The van der Waals surface area contributed by atoms with Crippen LogP contribution in [0.25, 0.3) is 0 Å². The van der Waals surface area contributed by atoms with E-state index >= 15 is 0 Å². The molecule has 98 valence electrons. The number of aliphatic hydroxyl groups excluding tert-OH is 1. The van der Waals surface area contributed by atoms with Gasteiger partial charge in [0.05, 0.1) is 6.61 Å². The highest BCUT2D eigenvalue weighted by molar-refractivity contribution is 6.35. The van der Waals surface area contributed by atoms with Crippen LogP contribution in [0.2, 0.25) is 10.0 Å². The fourth-order valence-corrected chi connectivity index (χ4v) is 2.29. The molecule has 1 aromatic rings. The van der Waals surface area contributed by atoms with E-state index in [-0.39, 0.29) is 18.7 Å². The van der Waals surface area contributed by atoms with Gasteiger partial charge in [-0.2, -0.15) is 0 Å². The van der Waals surface area contributed by atoms with Crippen LogP contribution in [0.3, 0.4) is 0 Å². The Hall–Kier alpha value is -0.970. The number of hydrogen-bond acceptors (Lipinski definition) is 2. The Kier molecular flexibility index (Phi) is 4.32. The molecule has 0 spiro atoms. The molecular formula is C12H14Cl2N2O2. The highest BCUT2D eigenvalue weighted by Crippen LogP contribution is 2.28. The Morgan fingerprint density at radius 3 is 2.44 bits per heavy atom. The van der Waals surface area contributed by atoms with E-state index in [1.807, 2.05) is 0 Å². The summed E-state index contributed by atoms with van der Waals surface area (Å²) in [5.41, 5.74) is 0.557. The Labute approximate surface area is 115 Å². The van der Waals surface area contributed by atoms with Crippen LogP contribution in [-0.4, -0.2) is 35.2 Å². The molecule has 2 rings (SSSR count). The molecule has 18 heavy (non-hydrogen) atoms. The van der Waals surface area contributed by atoms with Crippen molar-refractivity contribution in [1.82, 2.24) is 4.90 Å². The molecule has 1 aliphatic rings. The fourth-order valence-electron chi connectivity index (χ4n) is 1.77. The van der Waals surface area contributed by atoms with Crippen LogP contribution in [0.5, 0.6) is 0 Å².